The first kappa shape index (κ1) is 14.4. The van der Waals surface area contributed by atoms with Gasteiger partial charge in [0.15, 0.2) is 0 Å². The highest BCUT2D eigenvalue weighted by Gasteiger charge is 2.44. The first-order valence-corrected chi connectivity index (χ1v) is 7.35. The molecule has 2 rings (SSSR count). The van der Waals surface area contributed by atoms with Crippen LogP contribution in [0.25, 0.3) is 0 Å². The number of hydrogen-bond donors (Lipinski definition) is 0. The largest absolute Gasteiger partial charge is 0.467 e. The number of hydrogen-bond acceptors (Lipinski definition) is 3. The van der Waals surface area contributed by atoms with Gasteiger partial charge in [-0.3, -0.25) is 4.79 Å². The van der Waals surface area contributed by atoms with Gasteiger partial charge in [0.05, 0.1) is 7.11 Å². The second-order valence-corrected chi connectivity index (χ2v) is 6.50. The van der Waals surface area contributed by atoms with Gasteiger partial charge in [0.25, 0.3) is 0 Å². The number of piperidine rings is 1. The maximum Gasteiger partial charge on any atom is 0.328 e. The Balaban J connectivity index is 2.13. The fourth-order valence-corrected chi connectivity index (χ4v) is 3.56. The van der Waals surface area contributed by atoms with Gasteiger partial charge in [0, 0.05) is 12.5 Å². The summed E-state index contributed by atoms with van der Waals surface area (Å²) in [5.74, 6) is -0.0285. The van der Waals surface area contributed by atoms with Crippen molar-refractivity contribution in [3.05, 3.63) is 0 Å². The Hall–Kier alpha value is -1.06. The third kappa shape index (κ3) is 2.77. The summed E-state index contributed by atoms with van der Waals surface area (Å²) in [6.45, 7) is 5.03. The summed E-state index contributed by atoms with van der Waals surface area (Å²) >= 11 is 0. The van der Waals surface area contributed by atoms with E-state index in [9.17, 15) is 9.59 Å². The van der Waals surface area contributed by atoms with Gasteiger partial charge in [-0.15, -0.1) is 0 Å². The van der Waals surface area contributed by atoms with Gasteiger partial charge in [-0.05, 0) is 37.5 Å². The molecule has 0 aromatic heterocycles. The molecule has 2 atom stereocenters. The van der Waals surface area contributed by atoms with E-state index in [0.717, 1.165) is 38.5 Å². The van der Waals surface area contributed by atoms with E-state index in [-0.39, 0.29) is 29.3 Å². The minimum atomic E-state index is -0.359. The van der Waals surface area contributed by atoms with Crippen LogP contribution in [0, 0.1) is 11.3 Å². The quantitative estimate of drug-likeness (QED) is 0.722. The Morgan fingerprint density at radius 1 is 1.16 bits per heavy atom. The summed E-state index contributed by atoms with van der Waals surface area (Å²) in [4.78, 5) is 26.4. The summed E-state index contributed by atoms with van der Waals surface area (Å²) in [6, 6.07) is -0.359. The molecule has 0 aromatic rings. The molecule has 0 aromatic carbocycles. The van der Waals surface area contributed by atoms with Crippen molar-refractivity contribution in [2.24, 2.45) is 11.3 Å². The Morgan fingerprint density at radius 2 is 1.89 bits per heavy atom. The summed E-state index contributed by atoms with van der Waals surface area (Å²) < 4.78 is 4.85. The molecule has 2 fully saturated rings. The zero-order chi connectivity index (χ0) is 14.0. The molecule has 108 valence electrons. The second-order valence-electron chi connectivity index (χ2n) is 6.50. The van der Waals surface area contributed by atoms with Crippen LogP contribution in [0.4, 0.5) is 0 Å². The van der Waals surface area contributed by atoms with Crippen LogP contribution in [0.3, 0.4) is 0 Å². The lowest BCUT2D eigenvalue weighted by molar-refractivity contribution is -0.157. The SMILES string of the molecule is COC(=O)C1CCCCN1C(=O)C1CCCC1(C)C. The smallest absolute Gasteiger partial charge is 0.328 e. The number of carbonyl (C=O) groups excluding carboxylic acids is 2. The van der Waals surface area contributed by atoms with E-state index in [0.29, 0.717) is 6.54 Å². The predicted molar refractivity (Wildman–Crippen MR) is 72.5 cm³/mol. The van der Waals surface area contributed by atoms with Crippen LogP contribution in [0.15, 0.2) is 0 Å². The van der Waals surface area contributed by atoms with Crippen LogP contribution in [0.2, 0.25) is 0 Å². The number of likely N-dealkylation sites (tertiary alicyclic amines) is 1. The third-order valence-corrected chi connectivity index (χ3v) is 4.81. The van der Waals surface area contributed by atoms with Crippen molar-refractivity contribution in [2.75, 3.05) is 13.7 Å². The molecule has 2 unspecified atom stereocenters. The number of esters is 1. The first-order chi connectivity index (χ1) is 8.97. The van der Waals surface area contributed by atoms with E-state index in [2.05, 4.69) is 13.8 Å². The van der Waals surface area contributed by atoms with E-state index in [1.807, 2.05) is 0 Å². The monoisotopic (exact) mass is 267 g/mol. The number of amides is 1. The zero-order valence-electron chi connectivity index (χ0n) is 12.3. The Morgan fingerprint density at radius 3 is 2.47 bits per heavy atom. The fraction of sp³-hybridized carbons (Fsp3) is 0.867. The highest BCUT2D eigenvalue weighted by molar-refractivity contribution is 5.86. The van der Waals surface area contributed by atoms with Gasteiger partial charge in [-0.1, -0.05) is 20.3 Å². The van der Waals surface area contributed by atoms with Crippen molar-refractivity contribution in [2.45, 2.75) is 58.4 Å². The molecule has 0 radical (unpaired) electrons. The summed E-state index contributed by atoms with van der Waals surface area (Å²) in [5, 5.41) is 0. The molecule has 1 saturated heterocycles. The van der Waals surface area contributed by atoms with E-state index in [1.54, 1.807) is 4.90 Å². The van der Waals surface area contributed by atoms with Gasteiger partial charge < -0.3 is 9.64 Å². The van der Waals surface area contributed by atoms with Crippen molar-refractivity contribution in [1.82, 2.24) is 4.90 Å². The summed E-state index contributed by atoms with van der Waals surface area (Å²) in [6.07, 6.45) is 5.89. The lowest BCUT2D eigenvalue weighted by Crippen LogP contribution is -2.51. The summed E-state index contributed by atoms with van der Waals surface area (Å²) in [5.41, 5.74) is 0.0647. The van der Waals surface area contributed by atoms with Crippen LogP contribution in [-0.4, -0.2) is 36.5 Å². The van der Waals surface area contributed by atoms with Crippen molar-refractivity contribution in [3.8, 4) is 0 Å². The number of carbonyl (C=O) groups is 2. The van der Waals surface area contributed by atoms with Crippen LogP contribution >= 0.6 is 0 Å². The highest BCUT2D eigenvalue weighted by atomic mass is 16.5. The maximum absolute atomic E-state index is 12.8. The third-order valence-electron chi connectivity index (χ3n) is 4.81. The van der Waals surface area contributed by atoms with Crippen LogP contribution < -0.4 is 0 Å². The minimum Gasteiger partial charge on any atom is -0.467 e. The molecule has 0 spiro atoms. The highest BCUT2D eigenvalue weighted by Crippen LogP contribution is 2.44. The zero-order valence-corrected chi connectivity index (χ0v) is 12.3. The van der Waals surface area contributed by atoms with Crippen molar-refractivity contribution < 1.29 is 14.3 Å². The van der Waals surface area contributed by atoms with Crippen molar-refractivity contribution in [1.29, 1.82) is 0 Å². The molecule has 1 amide bonds. The molecule has 0 bridgehead atoms. The van der Waals surface area contributed by atoms with Crippen LogP contribution in [-0.2, 0) is 14.3 Å². The maximum atomic E-state index is 12.8. The second kappa shape index (κ2) is 5.51. The topological polar surface area (TPSA) is 46.6 Å². The average Bonchev–Trinajstić information content (AvgIpc) is 2.76. The molecule has 0 N–H and O–H groups in total. The predicted octanol–water partition coefficient (Wildman–Crippen LogP) is 2.37. The molecule has 2 aliphatic rings. The standard InChI is InChI=1S/C15H25NO3/c1-15(2)9-6-7-11(15)13(17)16-10-5-4-8-12(16)14(18)19-3/h11-12H,4-10H2,1-3H3. The number of rotatable bonds is 2. The van der Waals surface area contributed by atoms with E-state index in [4.69, 9.17) is 4.74 Å². The van der Waals surface area contributed by atoms with E-state index >= 15 is 0 Å². The molecular formula is C15H25NO3. The van der Waals surface area contributed by atoms with E-state index < -0.39 is 0 Å². The molecule has 1 saturated carbocycles. The summed E-state index contributed by atoms with van der Waals surface area (Å²) in [7, 11) is 1.40. The fourth-order valence-electron chi connectivity index (χ4n) is 3.56. The molecule has 4 nitrogen and oxygen atoms in total. The van der Waals surface area contributed by atoms with Gasteiger partial charge >= 0.3 is 5.97 Å². The van der Waals surface area contributed by atoms with Gasteiger partial charge in [-0.2, -0.15) is 0 Å². The van der Waals surface area contributed by atoms with Crippen molar-refractivity contribution >= 4 is 11.9 Å². The number of methoxy groups -OCH3 is 1. The average molecular weight is 267 g/mol. The molecule has 1 aliphatic carbocycles. The molecular weight excluding hydrogens is 242 g/mol. The Kier molecular flexibility index (Phi) is 4.16. The normalized spacial score (nSPS) is 30.2. The molecule has 19 heavy (non-hydrogen) atoms. The van der Waals surface area contributed by atoms with Crippen molar-refractivity contribution in [3.63, 3.8) is 0 Å². The van der Waals surface area contributed by atoms with E-state index in [1.165, 1.54) is 7.11 Å². The number of nitrogens with zero attached hydrogens (tertiary/aromatic N) is 1. The Bertz CT molecular complexity index is 364. The van der Waals surface area contributed by atoms with Crippen LogP contribution in [0.5, 0.6) is 0 Å². The minimum absolute atomic E-state index is 0.0647. The lowest BCUT2D eigenvalue weighted by Gasteiger charge is -2.38. The van der Waals surface area contributed by atoms with Gasteiger partial charge in [0.2, 0.25) is 5.91 Å². The van der Waals surface area contributed by atoms with Crippen LogP contribution in [0.1, 0.15) is 52.4 Å². The first-order valence-electron chi connectivity index (χ1n) is 7.35. The molecule has 1 aliphatic heterocycles. The molecule has 1 heterocycles. The molecule has 4 heteroatoms. The van der Waals surface area contributed by atoms with Gasteiger partial charge in [-0.25, -0.2) is 4.79 Å². The number of ether oxygens (including phenoxy) is 1. The Labute approximate surface area is 115 Å². The lowest BCUT2D eigenvalue weighted by atomic mass is 9.80. The van der Waals surface area contributed by atoms with Gasteiger partial charge in [0.1, 0.15) is 6.04 Å².